The summed E-state index contributed by atoms with van der Waals surface area (Å²) in [6.45, 7) is 0.524. The van der Waals surface area contributed by atoms with Gasteiger partial charge in [0.05, 0.1) is 23.2 Å². The Morgan fingerprint density at radius 1 is 1.35 bits per heavy atom. The minimum Gasteiger partial charge on any atom is -0.481 e. The van der Waals surface area contributed by atoms with Crippen LogP contribution in [0.3, 0.4) is 0 Å². The Balaban J connectivity index is 2.07. The van der Waals surface area contributed by atoms with Crippen molar-refractivity contribution >= 4 is 28.5 Å². The number of carbonyl (C=O) groups excluding carboxylic acids is 1. The number of amides is 1. The number of methoxy groups -OCH3 is 1. The summed E-state index contributed by atoms with van der Waals surface area (Å²) in [6.07, 6.45) is 5.08. The Bertz CT molecular complexity index is 858. The standard InChI is InChI=1S/C16H15ClN4O2/c1-18-16(22)11-9-21(15-12(17)5-6-19-14(11)15)8-10-3-4-13(23-2)20-7-10/h3-7,9H,8H2,1-2H3,(H,18,22). The van der Waals surface area contributed by atoms with E-state index in [-0.39, 0.29) is 5.91 Å². The predicted molar refractivity (Wildman–Crippen MR) is 88.0 cm³/mol. The normalized spacial score (nSPS) is 10.7. The molecule has 23 heavy (non-hydrogen) atoms. The van der Waals surface area contributed by atoms with E-state index in [1.165, 1.54) is 0 Å². The van der Waals surface area contributed by atoms with E-state index >= 15 is 0 Å². The van der Waals surface area contributed by atoms with Gasteiger partial charge in [-0.1, -0.05) is 17.7 Å². The minimum atomic E-state index is -0.198. The van der Waals surface area contributed by atoms with Gasteiger partial charge in [0.15, 0.2) is 0 Å². The number of hydrogen-bond donors (Lipinski definition) is 1. The number of rotatable bonds is 4. The van der Waals surface area contributed by atoms with Crippen molar-refractivity contribution in [3.05, 3.63) is 52.9 Å². The monoisotopic (exact) mass is 330 g/mol. The number of fused-ring (bicyclic) bond motifs is 1. The molecular formula is C16H15ClN4O2. The average molecular weight is 331 g/mol. The van der Waals surface area contributed by atoms with Crippen LogP contribution in [0.5, 0.6) is 5.88 Å². The fraction of sp³-hybridized carbons (Fsp3) is 0.188. The van der Waals surface area contributed by atoms with E-state index in [0.717, 1.165) is 11.1 Å². The predicted octanol–water partition coefficient (Wildman–Crippen LogP) is 2.50. The molecule has 0 radical (unpaired) electrons. The molecule has 0 fully saturated rings. The molecule has 0 aromatic carbocycles. The first-order chi connectivity index (χ1) is 11.1. The van der Waals surface area contributed by atoms with Crippen LogP contribution in [0, 0.1) is 0 Å². The van der Waals surface area contributed by atoms with Gasteiger partial charge in [-0.2, -0.15) is 0 Å². The van der Waals surface area contributed by atoms with Crippen LogP contribution in [0.25, 0.3) is 11.0 Å². The van der Waals surface area contributed by atoms with Crippen LogP contribution >= 0.6 is 11.6 Å². The van der Waals surface area contributed by atoms with Gasteiger partial charge < -0.3 is 14.6 Å². The maximum Gasteiger partial charge on any atom is 0.254 e. The summed E-state index contributed by atoms with van der Waals surface area (Å²) in [4.78, 5) is 20.5. The number of aromatic nitrogens is 3. The van der Waals surface area contributed by atoms with E-state index in [4.69, 9.17) is 16.3 Å². The number of pyridine rings is 2. The highest BCUT2D eigenvalue weighted by Crippen LogP contribution is 2.27. The molecule has 3 aromatic rings. The number of nitrogens with one attached hydrogen (secondary N) is 1. The molecule has 1 N–H and O–H groups in total. The van der Waals surface area contributed by atoms with Gasteiger partial charge >= 0.3 is 0 Å². The summed E-state index contributed by atoms with van der Waals surface area (Å²) in [7, 11) is 3.16. The van der Waals surface area contributed by atoms with E-state index in [2.05, 4.69) is 15.3 Å². The highest BCUT2D eigenvalue weighted by Gasteiger charge is 2.17. The molecule has 3 rings (SSSR count). The van der Waals surface area contributed by atoms with Crippen LogP contribution in [0.1, 0.15) is 15.9 Å². The van der Waals surface area contributed by atoms with Crippen molar-refractivity contribution in [2.75, 3.05) is 14.2 Å². The first-order valence-electron chi connectivity index (χ1n) is 6.98. The lowest BCUT2D eigenvalue weighted by atomic mass is 10.2. The van der Waals surface area contributed by atoms with Crippen molar-refractivity contribution in [3.63, 3.8) is 0 Å². The number of carbonyl (C=O) groups is 1. The number of nitrogens with zero attached hydrogens (tertiary/aromatic N) is 3. The second kappa shape index (κ2) is 6.26. The van der Waals surface area contributed by atoms with Crippen LogP contribution in [0.15, 0.2) is 36.8 Å². The molecule has 3 aromatic heterocycles. The molecule has 0 spiro atoms. The SMILES string of the molecule is CNC(=O)c1cn(Cc2ccc(OC)nc2)c2c(Cl)ccnc12. The van der Waals surface area contributed by atoms with Crippen LogP contribution in [-0.2, 0) is 6.54 Å². The van der Waals surface area contributed by atoms with Gasteiger partial charge in [-0.05, 0) is 11.6 Å². The molecule has 118 valence electrons. The molecule has 0 saturated heterocycles. The van der Waals surface area contributed by atoms with E-state index in [1.807, 2.05) is 10.6 Å². The summed E-state index contributed by atoms with van der Waals surface area (Å²) >= 11 is 6.31. The van der Waals surface area contributed by atoms with Gasteiger partial charge in [0.25, 0.3) is 5.91 Å². The molecule has 0 bridgehead atoms. The van der Waals surface area contributed by atoms with Crippen LogP contribution in [-0.4, -0.2) is 34.6 Å². The third-order valence-corrected chi connectivity index (χ3v) is 3.84. The highest BCUT2D eigenvalue weighted by molar-refractivity contribution is 6.35. The lowest BCUT2D eigenvalue weighted by molar-refractivity contribution is 0.0964. The van der Waals surface area contributed by atoms with Crippen molar-refractivity contribution in [3.8, 4) is 5.88 Å². The highest BCUT2D eigenvalue weighted by atomic mass is 35.5. The van der Waals surface area contributed by atoms with Gasteiger partial charge in [-0.15, -0.1) is 0 Å². The van der Waals surface area contributed by atoms with Gasteiger partial charge in [-0.25, -0.2) is 4.98 Å². The molecule has 7 heteroatoms. The average Bonchev–Trinajstić information content (AvgIpc) is 2.95. The van der Waals surface area contributed by atoms with E-state index in [0.29, 0.717) is 28.5 Å². The largest absolute Gasteiger partial charge is 0.481 e. The van der Waals surface area contributed by atoms with E-state index in [1.54, 1.807) is 44.9 Å². The first kappa shape index (κ1) is 15.3. The summed E-state index contributed by atoms with van der Waals surface area (Å²) in [5.74, 6) is 0.355. The summed E-state index contributed by atoms with van der Waals surface area (Å²) in [5.41, 5.74) is 2.76. The zero-order valence-electron chi connectivity index (χ0n) is 12.7. The second-order valence-corrected chi connectivity index (χ2v) is 5.36. The maximum atomic E-state index is 12.1. The molecule has 3 heterocycles. The third-order valence-electron chi connectivity index (χ3n) is 3.53. The minimum absolute atomic E-state index is 0.198. The smallest absolute Gasteiger partial charge is 0.254 e. The fourth-order valence-electron chi connectivity index (χ4n) is 2.43. The first-order valence-corrected chi connectivity index (χ1v) is 7.36. The quantitative estimate of drug-likeness (QED) is 0.798. The number of hydrogen-bond acceptors (Lipinski definition) is 4. The second-order valence-electron chi connectivity index (χ2n) is 4.95. The lowest BCUT2D eigenvalue weighted by Gasteiger charge is -2.07. The maximum absolute atomic E-state index is 12.1. The van der Waals surface area contributed by atoms with Crippen molar-refractivity contribution in [1.29, 1.82) is 0 Å². The molecule has 0 aliphatic heterocycles. The summed E-state index contributed by atoms with van der Waals surface area (Å²) in [5, 5.41) is 3.17. The topological polar surface area (TPSA) is 69.0 Å². The lowest BCUT2D eigenvalue weighted by Crippen LogP contribution is -2.17. The zero-order chi connectivity index (χ0) is 16.4. The van der Waals surface area contributed by atoms with Gasteiger partial charge in [-0.3, -0.25) is 9.78 Å². The van der Waals surface area contributed by atoms with Crippen LogP contribution in [0.2, 0.25) is 5.02 Å². The molecule has 1 amide bonds. The van der Waals surface area contributed by atoms with Crippen molar-refractivity contribution < 1.29 is 9.53 Å². The molecule has 0 aliphatic carbocycles. The van der Waals surface area contributed by atoms with Crippen molar-refractivity contribution in [1.82, 2.24) is 19.9 Å². The van der Waals surface area contributed by atoms with Gasteiger partial charge in [0, 0.05) is 38.2 Å². The van der Waals surface area contributed by atoms with E-state index < -0.39 is 0 Å². The molecule has 0 saturated carbocycles. The molecular weight excluding hydrogens is 316 g/mol. The molecule has 6 nitrogen and oxygen atoms in total. The van der Waals surface area contributed by atoms with Crippen molar-refractivity contribution in [2.45, 2.75) is 6.54 Å². The van der Waals surface area contributed by atoms with Gasteiger partial charge in [0.1, 0.15) is 5.52 Å². The summed E-state index contributed by atoms with van der Waals surface area (Å²) < 4.78 is 6.96. The molecule has 0 aliphatic rings. The Morgan fingerprint density at radius 3 is 2.83 bits per heavy atom. The fourth-order valence-corrected chi connectivity index (χ4v) is 2.68. The molecule has 0 atom stereocenters. The Labute approximate surface area is 138 Å². The third kappa shape index (κ3) is 2.85. The molecule has 0 unspecified atom stereocenters. The van der Waals surface area contributed by atoms with E-state index in [9.17, 15) is 4.79 Å². The Morgan fingerprint density at radius 2 is 2.17 bits per heavy atom. The zero-order valence-corrected chi connectivity index (χ0v) is 13.5. The number of ether oxygens (including phenoxy) is 1. The van der Waals surface area contributed by atoms with Crippen LogP contribution < -0.4 is 10.1 Å². The Hall–Kier alpha value is -2.60. The van der Waals surface area contributed by atoms with Crippen LogP contribution in [0.4, 0.5) is 0 Å². The summed E-state index contributed by atoms with van der Waals surface area (Å²) in [6, 6.07) is 5.42. The van der Waals surface area contributed by atoms with Crippen molar-refractivity contribution in [2.24, 2.45) is 0 Å². The van der Waals surface area contributed by atoms with Gasteiger partial charge in [0.2, 0.25) is 5.88 Å². The Kier molecular flexibility index (Phi) is 4.16. The number of halogens is 1.